The molecule has 1 amide bonds. The fraction of sp³-hybridized carbons (Fsp3) is 0.647. The number of hydrogen-bond donors (Lipinski definition) is 1. The van der Waals surface area contributed by atoms with E-state index in [1.165, 1.54) is 0 Å². The van der Waals surface area contributed by atoms with Gasteiger partial charge < -0.3 is 14.9 Å². The zero-order valence-corrected chi connectivity index (χ0v) is 13.6. The summed E-state index contributed by atoms with van der Waals surface area (Å²) in [7, 11) is 0. The molecule has 6 nitrogen and oxygen atoms in total. The Balaban J connectivity index is 1.47. The van der Waals surface area contributed by atoms with Crippen LogP contribution in [0.2, 0.25) is 0 Å². The second-order valence-corrected chi connectivity index (χ2v) is 6.43. The number of carbonyl (C=O) groups excluding carboxylic acids is 1. The molecule has 0 spiro atoms. The molecule has 1 aromatic rings. The summed E-state index contributed by atoms with van der Waals surface area (Å²) in [6, 6.07) is 5.99. The average Bonchev–Trinajstić information content (AvgIpc) is 2.82. The third-order valence-electron chi connectivity index (χ3n) is 4.63. The van der Waals surface area contributed by atoms with Gasteiger partial charge in [0.05, 0.1) is 6.10 Å². The molecule has 1 N–H and O–H groups in total. The summed E-state index contributed by atoms with van der Waals surface area (Å²) in [5.74, 6) is 1.21. The standard InChI is InChI=1S/C17H26N4O2/c22-15(14-21-9-3-6-17(21)23)13-19-8-4-10-20(12-11-19)16-5-1-2-7-18-16/h1-2,5,7,15,22H,3-4,6,8-14H2. The molecule has 2 fully saturated rings. The van der Waals surface area contributed by atoms with Gasteiger partial charge in [-0.3, -0.25) is 9.69 Å². The molecule has 0 radical (unpaired) electrons. The zero-order chi connectivity index (χ0) is 16.1. The van der Waals surface area contributed by atoms with E-state index in [4.69, 9.17) is 0 Å². The summed E-state index contributed by atoms with van der Waals surface area (Å²) in [6.07, 6.45) is 3.99. The fourth-order valence-corrected chi connectivity index (χ4v) is 3.43. The molecule has 126 valence electrons. The maximum Gasteiger partial charge on any atom is 0.222 e. The maximum absolute atomic E-state index is 11.6. The summed E-state index contributed by atoms with van der Waals surface area (Å²) in [6.45, 7) is 5.72. The van der Waals surface area contributed by atoms with E-state index in [1.807, 2.05) is 24.4 Å². The summed E-state index contributed by atoms with van der Waals surface area (Å²) in [5, 5.41) is 10.3. The minimum Gasteiger partial charge on any atom is -0.390 e. The van der Waals surface area contributed by atoms with Gasteiger partial charge in [-0.2, -0.15) is 0 Å². The number of likely N-dealkylation sites (tertiary alicyclic amines) is 1. The number of anilines is 1. The van der Waals surface area contributed by atoms with E-state index in [2.05, 4.69) is 14.8 Å². The molecular weight excluding hydrogens is 292 g/mol. The Morgan fingerprint density at radius 3 is 2.74 bits per heavy atom. The molecule has 3 rings (SSSR count). The third kappa shape index (κ3) is 4.42. The van der Waals surface area contributed by atoms with Crippen molar-refractivity contribution < 1.29 is 9.90 Å². The normalized spacial score (nSPS) is 21.5. The quantitative estimate of drug-likeness (QED) is 0.860. The molecule has 6 heteroatoms. The predicted octanol–water partition coefficient (Wildman–Crippen LogP) is 0.577. The SMILES string of the molecule is O=C1CCCN1CC(O)CN1CCCN(c2ccccn2)CC1. The second-order valence-electron chi connectivity index (χ2n) is 6.43. The molecule has 1 unspecified atom stereocenters. The second kappa shape index (κ2) is 7.75. The number of aliphatic hydroxyl groups is 1. The number of aliphatic hydroxyl groups excluding tert-OH is 1. The van der Waals surface area contributed by atoms with E-state index in [1.54, 1.807) is 4.90 Å². The lowest BCUT2D eigenvalue weighted by molar-refractivity contribution is -0.129. The molecule has 0 aliphatic carbocycles. The van der Waals surface area contributed by atoms with Crippen molar-refractivity contribution in [1.82, 2.24) is 14.8 Å². The number of rotatable bonds is 5. The van der Waals surface area contributed by atoms with Gasteiger partial charge in [-0.25, -0.2) is 4.98 Å². The average molecular weight is 318 g/mol. The van der Waals surface area contributed by atoms with Crippen molar-refractivity contribution in [2.45, 2.75) is 25.4 Å². The van der Waals surface area contributed by atoms with Crippen LogP contribution >= 0.6 is 0 Å². The smallest absolute Gasteiger partial charge is 0.222 e. The molecule has 0 saturated carbocycles. The van der Waals surface area contributed by atoms with Gasteiger partial charge in [-0.05, 0) is 31.5 Å². The highest BCUT2D eigenvalue weighted by Crippen LogP contribution is 2.14. The first-order valence-electron chi connectivity index (χ1n) is 8.56. The van der Waals surface area contributed by atoms with Crippen molar-refractivity contribution in [2.24, 2.45) is 0 Å². The molecule has 1 aromatic heterocycles. The fourth-order valence-electron chi connectivity index (χ4n) is 3.43. The molecule has 2 aliphatic heterocycles. The van der Waals surface area contributed by atoms with E-state index in [0.29, 0.717) is 19.5 Å². The van der Waals surface area contributed by atoms with Crippen LogP contribution in [0, 0.1) is 0 Å². The Kier molecular flexibility index (Phi) is 5.46. The van der Waals surface area contributed by atoms with Crippen LogP contribution in [0.4, 0.5) is 5.82 Å². The van der Waals surface area contributed by atoms with Crippen LogP contribution in [-0.4, -0.2) is 77.7 Å². The number of pyridine rings is 1. The Hall–Kier alpha value is -1.66. The van der Waals surface area contributed by atoms with E-state index in [-0.39, 0.29) is 5.91 Å². The Bertz CT molecular complexity index is 511. The zero-order valence-electron chi connectivity index (χ0n) is 13.6. The Labute approximate surface area is 137 Å². The highest BCUT2D eigenvalue weighted by Gasteiger charge is 2.24. The van der Waals surface area contributed by atoms with Crippen LogP contribution in [0.5, 0.6) is 0 Å². The number of carbonyl (C=O) groups is 1. The summed E-state index contributed by atoms with van der Waals surface area (Å²) < 4.78 is 0. The highest BCUT2D eigenvalue weighted by atomic mass is 16.3. The largest absolute Gasteiger partial charge is 0.390 e. The number of aromatic nitrogens is 1. The number of amides is 1. The van der Waals surface area contributed by atoms with Crippen molar-refractivity contribution in [3.8, 4) is 0 Å². The lowest BCUT2D eigenvalue weighted by atomic mass is 10.3. The Morgan fingerprint density at radius 1 is 1.09 bits per heavy atom. The molecule has 3 heterocycles. The van der Waals surface area contributed by atoms with Gasteiger partial charge in [0.2, 0.25) is 5.91 Å². The predicted molar refractivity (Wildman–Crippen MR) is 89.3 cm³/mol. The van der Waals surface area contributed by atoms with Crippen molar-refractivity contribution in [1.29, 1.82) is 0 Å². The molecule has 0 aromatic carbocycles. The van der Waals surface area contributed by atoms with Crippen LogP contribution in [-0.2, 0) is 4.79 Å². The van der Waals surface area contributed by atoms with E-state index in [9.17, 15) is 9.90 Å². The monoisotopic (exact) mass is 318 g/mol. The van der Waals surface area contributed by atoms with Crippen molar-refractivity contribution >= 4 is 11.7 Å². The van der Waals surface area contributed by atoms with Gasteiger partial charge in [-0.1, -0.05) is 6.07 Å². The molecule has 1 atom stereocenters. The van der Waals surface area contributed by atoms with Gasteiger partial charge in [0.1, 0.15) is 5.82 Å². The number of β-amino-alcohol motifs (C(OH)–C–C–N with tert-alkyl or cyclic N) is 1. The van der Waals surface area contributed by atoms with Crippen LogP contribution in [0.25, 0.3) is 0 Å². The topological polar surface area (TPSA) is 59.9 Å². The van der Waals surface area contributed by atoms with Gasteiger partial charge in [0, 0.05) is 51.9 Å². The summed E-state index contributed by atoms with van der Waals surface area (Å²) in [4.78, 5) is 22.5. The van der Waals surface area contributed by atoms with Crippen molar-refractivity contribution in [3.63, 3.8) is 0 Å². The third-order valence-corrected chi connectivity index (χ3v) is 4.63. The van der Waals surface area contributed by atoms with Crippen LogP contribution < -0.4 is 4.90 Å². The van der Waals surface area contributed by atoms with Crippen LogP contribution in [0.3, 0.4) is 0 Å². The minimum atomic E-state index is -0.460. The van der Waals surface area contributed by atoms with Gasteiger partial charge in [-0.15, -0.1) is 0 Å². The molecular formula is C17H26N4O2. The molecule has 2 aliphatic rings. The molecule has 23 heavy (non-hydrogen) atoms. The minimum absolute atomic E-state index is 0.182. The van der Waals surface area contributed by atoms with Gasteiger partial charge in [0.15, 0.2) is 0 Å². The van der Waals surface area contributed by atoms with Crippen molar-refractivity contribution in [3.05, 3.63) is 24.4 Å². The van der Waals surface area contributed by atoms with E-state index >= 15 is 0 Å². The molecule has 0 bridgehead atoms. The van der Waals surface area contributed by atoms with E-state index in [0.717, 1.165) is 51.4 Å². The van der Waals surface area contributed by atoms with Crippen LogP contribution in [0.15, 0.2) is 24.4 Å². The highest BCUT2D eigenvalue weighted by molar-refractivity contribution is 5.78. The number of hydrogen-bond acceptors (Lipinski definition) is 5. The lowest BCUT2D eigenvalue weighted by Gasteiger charge is -2.26. The first-order valence-corrected chi connectivity index (χ1v) is 8.56. The molecule has 2 saturated heterocycles. The Morgan fingerprint density at radius 2 is 2.00 bits per heavy atom. The summed E-state index contributed by atoms with van der Waals surface area (Å²) in [5.41, 5.74) is 0. The lowest BCUT2D eigenvalue weighted by Crippen LogP contribution is -2.42. The van der Waals surface area contributed by atoms with E-state index < -0.39 is 6.10 Å². The summed E-state index contributed by atoms with van der Waals surface area (Å²) >= 11 is 0. The first kappa shape index (κ1) is 16.2. The first-order chi connectivity index (χ1) is 11.2. The number of nitrogens with zero attached hydrogens (tertiary/aromatic N) is 4. The van der Waals surface area contributed by atoms with Crippen LogP contribution in [0.1, 0.15) is 19.3 Å². The van der Waals surface area contributed by atoms with Crippen molar-refractivity contribution in [2.75, 3.05) is 50.7 Å². The maximum atomic E-state index is 11.6. The van der Waals surface area contributed by atoms with Gasteiger partial charge in [0.25, 0.3) is 0 Å². The van der Waals surface area contributed by atoms with Gasteiger partial charge >= 0.3 is 0 Å².